The Morgan fingerprint density at radius 2 is 1.82 bits per heavy atom. The quantitative estimate of drug-likeness (QED) is 0.860. The van der Waals surface area contributed by atoms with Crippen molar-refractivity contribution in [1.82, 2.24) is 10.2 Å². The smallest absolute Gasteiger partial charge is 0.251 e. The summed E-state index contributed by atoms with van der Waals surface area (Å²) in [6, 6.07) is 9.38. The van der Waals surface area contributed by atoms with Crippen LogP contribution in [0.25, 0.3) is 0 Å². The van der Waals surface area contributed by atoms with Crippen LogP contribution in [0.4, 0.5) is 0 Å². The highest BCUT2D eigenvalue weighted by molar-refractivity contribution is 5.94. The molecular formula is C14H20N2O. The number of nitrogens with one attached hydrogen (secondary N) is 1. The minimum absolute atomic E-state index is 0.0302. The van der Waals surface area contributed by atoms with Crippen LogP contribution in [-0.4, -0.2) is 37.0 Å². The van der Waals surface area contributed by atoms with Crippen LogP contribution in [0.2, 0.25) is 0 Å². The van der Waals surface area contributed by atoms with E-state index in [9.17, 15) is 4.79 Å². The van der Waals surface area contributed by atoms with Crippen molar-refractivity contribution in [3.63, 3.8) is 0 Å². The molecule has 0 aliphatic carbocycles. The maximum atomic E-state index is 11.8. The van der Waals surface area contributed by atoms with Gasteiger partial charge in [0.1, 0.15) is 0 Å². The number of piperidine rings is 1. The second kappa shape index (κ2) is 6.40. The number of carbonyl (C=O) groups excluding carboxylic acids is 1. The van der Waals surface area contributed by atoms with Crippen molar-refractivity contribution >= 4 is 5.91 Å². The summed E-state index contributed by atoms with van der Waals surface area (Å²) in [4.78, 5) is 14.2. The van der Waals surface area contributed by atoms with Gasteiger partial charge in [0.15, 0.2) is 0 Å². The van der Waals surface area contributed by atoms with Gasteiger partial charge in [-0.05, 0) is 38.1 Å². The Morgan fingerprint density at radius 1 is 1.12 bits per heavy atom. The number of rotatable bonds is 4. The lowest BCUT2D eigenvalue weighted by atomic mass is 10.1. The zero-order chi connectivity index (χ0) is 11.9. The van der Waals surface area contributed by atoms with Gasteiger partial charge in [-0.25, -0.2) is 0 Å². The van der Waals surface area contributed by atoms with E-state index in [1.807, 2.05) is 30.3 Å². The maximum absolute atomic E-state index is 11.8. The summed E-state index contributed by atoms with van der Waals surface area (Å²) >= 11 is 0. The monoisotopic (exact) mass is 232 g/mol. The normalized spacial score (nSPS) is 16.7. The minimum atomic E-state index is 0.0302. The zero-order valence-electron chi connectivity index (χ0n) is 10.2. The molecule has 92 valence electrons. The van der Waals surface area contributed by atoms with Gasteiger partial charge in [0.05, 0.1) is 0 Å². The Bertz CT molecular complexity index is 344. The molecule has 17 heavy (non-hydrogen) atoms. The summed E-state index contributed by atoms with van der Waals surface area (Å²) in [7, 11) is 0. The number of nitrogens with zero attached hydrogens (tertiary/aromatic N) is 1. The number of carbonyl (C=O) groups is 1. The van der Waals surface area contributed by atoms with E-state index in [1.54, 1.807) is 0 Å². The molecule has 1 saturated heterocycles. The van der Waals surface area contributed by atoms with E-state index in [1.165, 1.54) is 32.4 Å². The molecule has 3 nitrogen and oxygen atoms in total. The van der Waals surface area contributed by atoms with E-state index < -0.39 is 0 Å². The molecule has 3 heteroatoms. The fourth-order valence-corrected chi connectivity index (χ4v) is 2.20. The molecule has 1 aliphatic heterocycles. The zero-order valence-corrected chi connectivity index (χ0v) is 10.2. The molecule has 0 saturated carbocycles. The lowest BCUT2D eigenvalue weighted by Gasteiger charge is -2.26. The summed E-state index contributed by atoms with van der Waals surface area (Å²) in [6.07, 6.45) is 3.95. The number of likely N-dealkylation sites (tertiary alicyclic amines) is 1. The minimum Gasteiger partial charge on any atom is -0.351 e. The third-order valence-corrected chi connectivity index (χ3v) is 3.20. The molecule has 1 aromatic rings. The van der Waals surface area contributed by atoms with E-state index in [0.717, 1.165) is 18.7 Å². The van der Waals surface area contributed by atoms with Gasteiger partial charge in [0.25, 0.3) is 5.91 Å². The van der Waals surface area contributed by atoms with Crippen molar-refractivity contribution in [2.45, 2.75) is 19.3 Å². The first-order chi connectivity index (χ1) is 8.36. The van der Waals surface area contributed by atoms with Crippen molar-refractivity contribution in [2.24, 2.45) is 0 Å². The van der Waals surface area contributed by atoms with Gasteiger partial charge in [-0.3, -0.25) is 4.79 Å². The first-order valence-electron chi connectivity index (χ1n) is 6.42. The first kappa shape index (κ1) is 12.1. The second-order valence-corrected chi connectivity index (χ2v) is 4.52. The topological polar surface area (TPSA) is 32.3 Å². The molecule has 0 spiro atoms. The van der Waals surface area contributed by atoms with E-state index >= 15 is 0 Å². The summed E-state index contributed by atoms with van der Waals surface area (Å²) in [5, 5.41) is 2.97. The molecule has 0 bridgehead atoms. The maximum Gasteiger partial charge on any atom is 0.251 e. The van der Waals surface area contributed by atoms with Crippen LogP contribution in [0.3, 0.4) is 0 Å². The largest absolute Gasteiger partial charge is 0.351 e. The average molecular weight is 232 g/mol. The molecule has 1 amide bonds. The Labute approximate surface area is 103 Å². The summed E-state index contributed by atoms with van der Waals surface area (Å²) in [6.45, 7) is 4.08. The number of benzene rings is 1. The second-order valence-electron chi connectivity index (χ2n) is 4.52. The number of hydrogen-bond donors (Lipinski definition) is 1. The average Bonchev–Trinajstić information content (AvgIpc) is 2.41. The highest BCUT2D eigenvalue weighted by atomic mass is 16.1. The predicted octanol–water partition coefficient (Wildman–Crippen LogP) is 1.90. The molecule has 0 atom stereocenters. The molecule has 0 unspecified atom stereocenters. The first-order valence-corrected chi connectivity index (χ1v) is 6.42. The van der Waals surface area contributed by atoms with Gasteiger partial charge < -0.3 is 10.2 Å². The molecule has 0 radical (unpaired) electrons. The standard InChI is InChI=1S/C14H20N2O/c17-14(13-7-3-1-4-8-13)15-9-12-16-10-5-2-6-11-16/h1,3-4,7-8H,2,5-6,9-12H2,(H,15,17). The summed E-state index contributed by atoms with van der Waals surface area (Å²) in [5.41, 5.74) is 0.742. The van der Waals surface area contributed by atoms with Crippen molar-refractivity contribution in [3.8, 4) is 0 Å². The van der Waals surface area contributed by atoms with Gasteiger partial charge >= 0.3 is 0 Å². The molecule has 1 heterocycles. The van der Waals surface area contributed by atoms with Crippen molar-refractivity contribution < 1.29 is 4.79 Å². The van der Waals surface area contributed by atoms with Gasteiger partial charge in [-0.1, -0.05) is 24.6 Å². The Hall–Kier alpha value is -1.35. The third kappa shape index (κ3) is 3.86. The predicted molar refractivity (Wildman–Crippen MR) is 69.1 cm³/mol. The van der Waals surface area contributed by atoms with Gasteiger partial charge in [0.2, 0.25) is 0 Å². The van der Waals surface area contributed by atoms with Crippen LogP contribution in [0.1, 0.15) is 29.6 Å². The van der Waals surface area contributed by atoms with Crippen LogP contribution in [0.5, 0.6) is 0 Å². The van der Waals surface area contributed by atoms with Crippen LogP contribution in [-0.2, 0) is 0 Å². The van der Waals surface area contributed by atoms with Crippen molar-refractivity contribution in [3.05, 3.63) is 35.9 Å². The molecule has 1 N–H and O–H groups in total. The van der Waals surface area contributed by atoms with Gasteiger partial charge in [0, 0.05) is 18.7 Å². The molecule has 1 aliphatic rings. The number of amides is 1. The molecular weight excluding hydrogens is 212 g/mol. The Kier molecular flexibility index (Phi) is 4.56. The molecule has 0 aromatic heterocycles. The van der Waals surface area contributed by atoms with Crippen LogP contribution < -0.4 is 5.32 Å². The van der Waals surface area contributed by atoms with Gasteiger partial charge in [-0.2, -0.15) is 0 Å². The fourth-order valence-electron chi connectivity index (χ4n) is 2.20. The van der Waals surface area contributed by atoms with E-state index in [-0.39, 0.29) is 5.91 Å². The molecule has 1 fully saturated rings. The van der Waals surface area contributed by atoms with E-state index in [4.69, 9.17) is 0 Å². The fraction of sp³-hybridized carbons (Fsp3) is 0.500. The third-order valence-electron chi connectivity index (χ3n) is 3.20. The SMILES string of the molecule is O=C(NCCN1CCCCC1)c1ccccc1. The van der Waals surface area contributed by atoms with Gasteiger partial charge in [-0.15, -0.1) is 0 Å². The number of hydrogen-bond acceptors (Lipinski definition) is 2. The Balaban J connectivity index is 1.69. The van der Waals surface area contributed by atoms with Crippen LogP contribution in [0.15, 0.2) is 30.3 Å². The summed E-state index contributed by atoms with van der Waals surface area (Å²) in [5.74, 6) is 0.0302. The van der Waals surface area contributed by atoms with E-state index in [2.05, 4.69) is 10.2 Å². The van der Waals surface area contributed by atoms with Crippen molar-refractivity contribution in [2.75, 3.05) is 26.2 Å². The highest BCUT2D eigenvalue weighted by Gasteiger charge is 2.10. The molecule has 1 aromatic carbocycles. The Morgan fingerprint density at radius 3 is 2.53 bits per heavy atom. The van der Waals surface area contributed by atoms with E-state index in [0.29, 0.717) is 0 Å². The summed E-state index contributed by atoms with van der Waals surface area (Å²) < 4.78 is 0. The highest BCUT2D eigenvalue weighted by Crippen LogP contribution is 2.07. The molecule has 2 rings (SSSR count). The lowest BCUT2D eigenvalue weighted by Crippen LogP contribution is -2.37. The van der Waals surface area contributed by atoms with Crippen LogP contribution in [0, 0.1) is 0 Å². The lowest BCUT2D eigenvalue weighted by molar-refractivity contribution is 0.0946. The van der Waals surface area contributed by atoms with Crippen molar-refractivity contribution in [1.29, 1.82) is 0 Å². The van der Waals surface area contributed by atoms with Crippen LogP contribution >= 0.6 is 0 Å².